The van der Waals surface area contributed by atoms with E-state index in [0.717, 1.165) is 25.8 Å². The van der Waals surface area contributed by atoms with Gasteiger partial charge in [0.05, 0.1) is 0 Å². The molecule has 1 aliphatic rings. The number of rotatable bonds is 3. The fourth-order valence-electron chi connectivity index (χ4n) is 2.25. The van der Waals surface area contributed by atoms with Crippen molar-refractivity contribution in [3.8, 4) is 0 Å². The normalized spacial score (nSPS) is 20.6. The van der Waals surface area contributed by atoms with Crippen molar-refractivity contribution < 1.29 is 9.90 Å². The van der Waals surface area contributed by atoms with Gasteiger partial charge in [-0.2, -0.15) is 0 Å². The second-order valence-electron chi connectivity index (χ2n) is 4.52. The molecule has 0 aromatic carbocycles. The van der Waals surface area contributed by atoms with Gasteiger partial charge in [0.2, 0.25) is 5.82 Å². The van der Waals surface area contributed by atoms with Crippen LogP contribution in [0.2, 0.25) is 0 Å². The molecule has 2 rings (SSSR count). The number of carbonyl (C=O) groups excluding carboxylic acids is 1. The van der Waals surface area contributed by atoms with E-state index >= 15 is 0 Å². The third-order valence-electron chi connectivity index (χ3n) is 3.13. The van der Waals surface area contributed by atoms with Crippen LogP contribution in [0.15, 0.2) is 0 Å². The molecule has 0 spiro atoms. The van der Waals surface area contributed by atoms with Crippen molar-refractivity contribution in [1.29, 1.82) is 0 Å². The number of aliphatic hydroxyl groups is 1. The average molecular weight is 238 g/mol. The number of aryl methyl sites for hydroxylation is 1. The molecule has 1 unspecified atom stereocenters. The molecule has 17 heavy (non-hydrogen) atoms. The molecule has 1 fully saturated rings. The number of hydrogen-bond donors (Lipinski definition) is 2. The van der Waals surface area contributed by atoms with Gasteiger partial charge in [-0.05, 0) is 32.1 Å². The molecule has 94 valence electrons. The summed E-state index contributed by atoms with van der Waals surface area (Å²) in [6.45, 7) is 3.42. The first-order chi connectivity index (χ1) is 8.20. The molecule has 6 heteroatoms. The van der Waals surface area contributed by atoms with E-state index in [1.807, 2.05) is 0 Å². The lowest BCUT2D eigenvalue weighted by atomic mass is 9.95. The van der Waals surface area contributed by atoms with Gasteiger partial charge in [-0.3, -0.25) is 9.89 Å². The van der Waals surface area contributed by atoms with Crippen LogP contribution in [-0.2, 0) is 0 Å². The van der Waals surface area contributed by atoms with Crippen LogP contribution in [0.4, 0.5) is 0 Å². The Morgan fingerprint density at radius 1 is 1.65 bits per heavy atom. The van der Waals surface area contributed by atoms with E-state index in [9.17, 15) is 4.79 Å². The van der Waals surface area contributed by atoms with Gasteiger partial charge < -0.3 is 10.0 Å². The van der Waals surface area contributed by atoms with Gasteiger partial charge in [-0.25, -0.2) is 4.98 Å². The summed E-state index contributed by atoms with van der Waals surface area (Å²) in [4.78, 5) is 17.9. The Morgan fingerprint density at radius 3 is 3.12 bits per heavy atom. The first-order valence-corrected chi connectivity index (χ1v) is 6.00. The number of nitrogens with one attached hydrogen (secondary N) is 1. The smallest absolute Gasteiger partial charge is 0.293 e. The molecule has 2 heterocycles. The van der Waals surface area contributed by atoms with Gasteiger partial charge in [-0.1, -0.05) is 0 Å². The summed E-state index contributed by atoms with van der Waals surface area (Å²) in [6.07, 6.45) is 2.83. The van der Waals surface area contributed by atoms with E-state index < -0.39 is 0 Å². The Morgan fingerprint density at radius 2 is 2.47 bits per heavy atom. The number of amides is 1. The highest BCUT2D eigenvalue weighted by atomic mass is 16.3. The molecule has 0 saturated carbocycles. The Balaban J connectivity index is 1.99. The van der Waals surface area contributed by atoms with Crippen LogP contribution in [0.1, 0.15) is 35.7 Å². The zero-order valence-corrected chi connectivity index (χ0v) is 10.0. The quantitative estimate of drug-likeness (QED) is 0.796. The first kappa shape index (κ1) is 12.0. The van der Waals surface area contributed by atoms with E-state index in [4.69, 9.17) is 5.11 Å². The van der Waals surface area contributed by atoms with Crippen LogP contribution >= 0.6 is 0 Å². The summed E-state index contributed by atoms with van der Waals surface area (Å²) in [5, 5.41) is 15.5. The molecule has 1 amide bonds. The molecule has 1 atom stereocenters. The van der Waals surface area contributed by atoms with Gasteiger partial charge in [0.1, 0.15) is 5.82 Å². The van der Waals surface area contributed by atoms with Crippen molar-refractivity contribution in [2.75, 3.05) is 19.7 Å². The minimum atomic E-state index is -0.114. The van der Waals surface area contributed by atoms with Crippen molar-refractivity contribution in [3.63, 3.8) is 0 Å². The Bertz CT molecular complexity index is 389. The third-order valence-corrected chi connectivity index (χ3v) is 3.13. The highest BCUT2D eigenvalue weighted by Crippen LogP contribution is 2.20. The van der Waals surface area contributed by atoms with Crippen LogP contribution < -0.4 is 0 Å². The molecule has 0 aliphatic carbocycles. The average Bonchev–Trinajstić information content (AvgIpc) is 2.76. The largest absolute Gasteiger partial charge is 0.396 e. The first-order valence-electron chi connectivity index (χ1n) is 6.00. The van der Waals surface area contributed by atoms with Crippen LogP contribution in [0.5, 0.6) is 0 Å². The highest BCUT2D eigenvalue weighted by Gasteiger charge is 2.26. The summed E-state index contributed by atoms with van der Waals surface area (Å²) in [5.41, 5.74) is 0. The highest BCUT2D eigenvalue weighted by molar-refractivity contribution is 5.90. The number of aromatic amines is 1. The van der Waals surface area contributed by atoms with Crippen molar-refractivity contribution in [2.24, 2.45) is 5.92 Å². The maximum absolute atomic E-state index is 12.1. The van der Waals surface area contributed by atoms with Crippen molar-refractivity contribution in [3.05, 3.63) is 11.6 Å². The molecule has 1 aliphatic heterocycles. The fraction of sp³-hybridized carbons (Fsp3) is 0.727. The molecule has 1 aromatic rings. The lowest BCUT2D eigenvalue weighted by Gasteiger charge is -2.31. The monoisotopic (exact) mass is 238 g/mol. The molecule has 2 N–H and O–H groups in total. The second kappa shape index (κ2) is 5.27. The van der Waals surface area contributed by atoms with Crippen LogP contribution in [0.25, 0.3) is 0 Å². The predicted octanol–water partition coefficient (Wildman–Crippen LogP) is 0.348. The maximum Gasteiger partial charge on any atom is 0.293 e. The molecule has 6 nitrogen and oxygen atoms in total. The fourth-order valence-corrected chi connectivity index (χ4v) is 2.25. The van der Waals surface area contributed by atoms with E-state index in [1.165, 1.54) is 0 Å². The molecular formula is C11H18N4O2. The van der Waals surface area contributed by atoms with Gasteiger partial charge >= 0.3 is 0 Å². The third kappa shape index (κ3) is 2.82. The Hall–Kier alpha value is -1.43. The number of carbonyl (C=O) groups is 1. The number of nitrogens with zero attached hydrogens (tertiary/aromatic N) is 3. The van der Waals surface area contributed by atoms with Crippen molar-refractivity contribution >= 4 is 5.91 Å². The molecule has 0 radical (unpaired) electrons. The van der Waals surface area contributed by atoms with E-state index in [2.05, 4.69) is 15.2 Å². The second-order valence-corrected chi connectivity index (χ2v) is 4.52. The number of aliphatic hydroxyl groups excluding tert-OH is 1. The van der Waals surface area contributed by atoms with E-state index in [1.54, 1.807) is 11.8 Å². The van der Waals surface area contributed by atoms with Gasteiger partial charge in [-0.15, -0.1) is 5.10 Å². The van der Waals surface area contributed by atoms with Crippen LogP contribution in [-0.4, -0.2) is 50.8 Å². The SMILES string of the molecule is Cc1nc(C(=O)N2CCCC(CCO)C2)n[nH]1. The summed E-state index contributed by atoms with van der Waals surface area (Å²) in [5.74, 6) is 1.18. The summed E-state index contributed by atoms with van der Waals surface area (Å²) < 4.78 is 0. The zero-order chi connectivity index (χ0) is 12.3. The number of H-pyrrole nitrogens is 1. The molecule has 0 bridgehead atoms. The van der Waals surface area contributed by atoms with E-state index in [0.29, 0.717) is 18.3 Å². The molecular weight excluding hydrogens is 220 g/mol. The van der Waals surface area contributed by atoms with E-state index in [-0.39, 0.29) is 18.3 Å². The topological polar surface area (TPSA) is 82.1 Å². The Kier molecular flexibility index (Phi) is 3.73. The van der Waals surface area contributed by atoms with Crippen LogP contribution in [0.3, 0.4) is 0 Å². The molecule has 1 aromatic heterocycles. The summed E-state index contributed by atoms with van der Waals surface area (Å²) >= 11 is 0. The summed E-state index contributed by atoms with van der Waals surface area (Å²) in [6, 6.07) is 0. The lowest BCUT2D eigenvalue weighted by Crippen LogP contribution is -2.40. The van der Waals surface area contributed by atoms with Crippen molar-refractivity contribution in [1.82, 2.24) is 20.1 Å². The number of aromatic nitrogens is 3. The number of likely N-dealkylation sites (tertiary alicyclic amines) is 1. The van der Waals surface area contributed by atoms with Gasteiger partial charge in [0.15, 0.2) is 0 Å². The standard InChI is InChI=1S/C11H18N4O2/c1-8-12-10(14-13-8)11(17)15-5-2-3-9(7-15)4-6-16/h9,16H,2-7H2,1H3,(H,12,13,14). The summed E-state index contributed by atoms with van der Waals surface area (Å²) in [7, 11) is 0. The van der Waals surface area contributed by atoms with Gasteiger partial charge in [0.25, 0.3) is 5.91 Å². The lowest BCUT2D eigenvalue weighted by molar-refractivity contribution is 0.0642. The van der Waals surface area contributed by atoms with Crippen molar-refractivity contribution in [2.45, 2.75) is 26.2 Å². The Labute approximate surface area is 100 Å². The number of hydrogen-bond acceptors (Lipinski definition) is 4. The van der Waals surface area contributed by atoms with Gasteiger partial charge in [0, 0.05) is 19.7 Å². The predicted molar refractivity (Wildman–Crippen MR) is 61.5 cm³/mol. The maximum atomic E-state index is 12.1. The molecule has 1 saturated heterocycles. The zero-order valence-electron chi connectivity index (χ0n) is 10.0. The minimum absolute atomic E-state index is 0.114. The minimum Gasteiger partial charge on any atom is -0.396 e. The van der Waals surface area contributed by atoms with Crippen LogP contribution in [0, 0.1) is 12.8 Å². The number of piperidine rings is 1.